The molecule has 2 N–H and O–H groups in total. The second-order valence-electron chi connectivity index (χ2n) is 7.02. The molecule has 1 aliphatic heterocycles. The van der Waals surface area contributed by atoms with Crippen LogP contribution in [0.3, 0.4) is 0 Å². The molecule has 1 heterocycles. The molecule has 0 aromatic heterocycles. The molecule has 0 unspecified atom stereocenters. The molecular formula is C22H34N4O3. The zero-order valence-electron chi connectivity index (χ0n) is 17.7. The van der Waals surface area contributed by atoms with E-state index in [1.54, 1.807) is 24.3 Å². The summed E-state index contributed by atoms with van der Waals surface area (Å²) < 4.78 is 5.55. The number of aliphatic imine (C=N–C) groups is 1. The first kappa shape index (κ1) is 22.9. The zero-order valence-corrected chi connectivity index (χ0v) is 17.7. The van der Waals surface area contributed by atoms with E-state index in [9.17, 15) is 9.59 Å². The highest BCUT2D eigenvalue weighted by Gasteiger charge is 2.34. The van der Waals surface area contributed by atoms with Gasteiger partial charge in [0.2, 0.25) is 0 Å². The maximum atomic E-state index is 12.3. The number of unbranched alkanes of at least 4 members (excludes halogenated alkanes) is 2. The average Bonchev–Trinajstić information content (AvgIpc) is 2.97. The lowest BCUT2D eigenvalue weighted by Crippen LogP contribution is -2.38. The van der Waals surface area contributed by atoms with Gasteiger partial charge in [0.25, 0.3) is 11.8 Å². The van der Waals surface area contributed by atoms with Crippen LogP contribution in [0, 0.1) is 0 Å². The van der Waals surface area contributed by atoms with Crippen molar-refractivity contribution in [3.63, 3.8) is 0 Å². The first-order chi connectivity index (χ1) is 14.2. The predicted molar refractivity (Wildman–Crippen MR) is 115 cm³/mol. The van der Waals surface area contributed by atoms with Crippen LogP contribution in [0.1, 0.15) is 66.7 Å². The van der Waals surface area contributed by atoms with Crippen molar-refractivity contribution in [2.75, 3.05) is 39.4 Å². The monoisotopic (exact) mass is 402 g/mol. The molecule has 0 radical (unpaired) electrons. The fourth-order valence-electron chi connectivity index (χ4n) is 3.09. The van der Waals surface area contributed by atoms with Gasteiger partial charge in [-0.3, -0.25) is 19.5 Å². The standard InChI is InChI=1S/C22H34N4O3/c1-3-5-16-29-17-10-14-25-22(23-4-2)24-13-8-9-15-26-20(27)18-11-6-7-12-19(18)21(26)28/h6-7,11-12H,3-5,8-10,13-17H2,1-2H3,(H2,23,24,25). The Morgan fingerprint density at radius 2 is 1.66 bits per heavy atom. The number of carbonyl (C=O) groups excluding carboxylic acids is 2. The predicted octanol–water partition coefficient (Wildman–Crippen LogP) is 2.82. The van der Waals surface area contributed by atoms with Gasteiger partial charge in [-0.25, -0.2) is 0 Å². The lowest BCUT2D eigenvalue weighted by Gasteiger charge is -2.14. The summed E-state index contributed by atoms with van der Waals surface area (Å²) in [7, 11) is 0. The minimum absolute atomic E-state index is 0.186. The summed E-state index contributed by atoms with van der Waals surface area (Å²) in [4.78, 5) is 30.6. The molecule has 7 nitrogen and oxygen atoms in total. The number of amides is 2. The first-order valence-corrected chi connectivity index (χ1v) is 10.7. The molecule has 29 heavy (non-hydrogen) atoms. The Kier molecular flexibility index (Phi) is 10.2. The van der Waals surface area contributed by atoms with Gasteiger partial charge in [-0.2, -0.15) is 0 Å². The van der Waals surface area contributed by atoms with Crippen LogP contribution in [0.4, 0.5) is 0 Å². The molecule has 2 amide bonds. The second-order valence-corrected chi connectivity index (χ2v) is 7.02. The maximum Gasteiger partial charge on any atom is 0.261 e. The summed E-state index contributed by atoms with van der Waals surface area (Å²) in [5.41, 5.74) is 1.02. The zero-order chi connectivity index (χ0) is 20.9. The van der Waals surface area contributed by atoms with Crippen molar-refractivity contribution < 1.29 is 14.3 Å². The van der Waals surface area contributed by atoms with E-state index in [2.05, 4.69) is 22.5 Å². The Morgan fingerprint density at radius 1 is 0.966 bits per heavy atom. The summed E-state index contributed by atoms with van der Waals surface area (Å²) in [6, 6.07) is 7.00. The number of carbonyl (C=O) groups is 2. The summed E-state index contributed by atoms with van der Waals surface area (Å²) in [6.07, 6.45) is 4.76. The molecule has 0 spiro atoms. The van der Waals surface area contributed by atoms with Crippen LogP contribution >= 0.6 is 0 Å². The smallest absolute Gasteiger partial charge is 0.261 e. The summed E-state index contributed by atoms with van der Waals surface area (Å²) in [5.74, 6) is 0.422. The molecular weight excluding hydrogens is 368 g/mol. The molecule has 0 atom stereocenters. The summed E-state index contributed by atoms with van der Waals surface area (Å²) in [5, 5.41) is 6.54. The number of rotatable bonds is 13. The largest absolute Gasteiger partial charge is 0.381 e. The summed E-state index contributed by atoms with van der Waals surface area (Å²) >= 11 is 0. The fraction of sp³-hybridized carbons (Fsp3) is 0.591. The van der Waals surface area contributed by atoms with Crippen molar-refractivity contribution in [3.8, 4) is 0 Å². The fourth-order valence-corrected chi connectivity index (χ4v) is 3.09. The lowest BCUT2D eigenvalue weighted by molar-refractivity contribution is 0.0652. The molecule has 0 saturated carbocycles. The average molecular weight is 403 g/mol. The number of nitrogens with zero attached hydrogens (tertiary/aromatic N) is 2. The lowest BCUT2D eigenvalue weighted by atomic mass is 10.1. The van der Waals surface area contributed by atoms with Crippen LogP contribution in [0.2, 0.25) is 0 Å². The third kappa shape index (κ3) is 7.16. The van der Waals surface area contributed by atoms with Gasteiger partial charge < -0.3 is 15.4 Å². The third-order valence-corrected chi connectivity index (χ3v) is 4.68. The van der Waals surface area contributed by atoms with Gasteiger partial charge in [0.1, 0.15) is 0 Å². The number of imide groups is 1. The molecule has 160 valence electrons. The van der Waals surface area contributed by atoms with Crippen LogP contribution < -0.4 is 10.6 Å². The van der Waals surface area contributed by atoms with Crippen LogP contribution in [0.5, 0.6) is 0 Å². The topological polar surface area (TPSA) is 83.0 Å². The third-order valence-electron chi connectivity index (χ3n) is 4.68. The highest BCUT2D eigenvalue weighted by atomic mass is 16.5. The van der Waals surface area contributed by atoms with E-state index in [4.69, 9.17) is 4.74 Å². The molecule has 0 aliphatic carbocycles. The number of hydrogen-bond donors (Lipinski definition) is 2. The normalized spacial score (nSPS) is 13.7. The van der Waals surface area contributed by atoms with Crippen molar-refractivity contribution in [1.82, 2.24) is 15.5 Å². The highest BCUT2D eigenvalue weighted by molar-refractivity contribution is 6.21. The SMILES string of the molecule is CCCCOCCCN=C(NCC)NCCCCN1C(=O)c2ccccc2C1=O. The molecule has 1 aromatic carbocycles. The minimum Gasteiger partial charge on any atom is -0.381 e. The first-order valence-electron chi connectivity index (χ1n) is 10.7. The number of fused-ring (bicyclic) bond motifs is 1. The van der Waals surface area contributed by atoms with Gasteiger partial charge in [0, 0.05) is 39.4 Å². The summed E-state index contributed by atoms with van der Waals surface area (Å²) in [6.45, 7) is 8.45. The Hall–Kier alpha value is -2.41. The maximum absolute atomic E-state index is 12.3. The number of nitrogens with one attached hydrogen (secondary N) is 2. The second kappa shape index (κ2) is 12.9. The highest BCUT2D eigenvalue weighted by Crippen LogP contribution is 2.22. The van der Waals surface area contributed by atoms with E-state index < -0.39 is 0 Å². The molecule has 2 rings (SSSR count). The van der Waals surface area contributed by atoms with E-state index in [0.717, 1.165) is 70.9 Å². The van der Waals surface area contributed by atoms with Gasteiger partial charge in [0.05, 0.1) is 11.1 Å². The molecule has 1 aliphatic rings. The van der Waals surface area contributed by atoms with Crippen LogP contribution in [-0.2, 0) is 4.74 Å². The molecule has 7 heteroatoms. The number of guanidine groups is 1. The van der Waals surface area contributed by atoms with E-state index in [1.807, 2.05) is 6.92 Å². The Balaban J connectivity index is 1.64. The van der Waals surface area contributed by atoms with Gasteiger partial charge >= 0.3 is 0 Å². The van der Waals surface area contributed by atoms with Crippen molar-refractivity contribution in [1.29, 1.82) is 0 Å². The number of hydrogen-bond acceptors (Lipinski definition) is 4. The van der Waals surface area contributed by atoms with Gasteiger partial charge in [0.15, 0.2) is 5.96 Å². The van der Waals surface area contributed by atoms with E-state index in [0.29, 0.717) is 17.7 Å². The van der Waals surface area contributed by atoms with E-state index >= 15 is 0 Å². The van der Waals surface area contributed by atoms with Crippen molar-refractivity contribution in [2.45, 2.75) is 46.0 Å². The molecule has 0 saturated heterocycles. The van der Waals surface area contributed by atoms with E-state index in [-0.39, 0.29) is 11.8 Å². The van der Waals surface area contributed by atoms with Gasteiger partial charge in [-0.1, -0.05) is 25.5 Å². The Morgan fingerprint density at radius 3 is 2.31 bits per heavy atom. The molecule has 0 bridgehead atoms. The van der Waals surface area contributed by atoms with Crippen LogP contribution in [0.25, 0.3) is 0 Å². The number of ether oxygens (including phenoxy) is 1. The Bertz CT molecular complexity index is 655. The van der Waals surface area contributed by atoms with Gasteiger partial charge in [-0.15, -0.1) is 0 Å². The Labute approximate surface area is 173 Å². The quantitative estimate of drug-likeness (QED) is 0.229. The van der Waals surface area contributed by atoms with Gasteiger partial charge in [-0.05, 0) is 44.7 Å². The van der Waals surface area contributed by atoms with Crippen molar-refractivity contribution >= 4 is 17.8 Å². The van der Waals surface area contributed by atoms with Crippen molar-refractivity contribution in [2.24, 2.45) is 4.99 Å². The molecule has 0 fully saturated rings. The van der Waals surface area contributed by atoms with Crippen LogP contribution in [-0.4, -0.2) is 62.1 Å². The minimum atomic E-state index is -0.186. The van der Waals surface area contributed by atoms with E-state index in [1.165, 1.54) is 4.90 Å². The van der Waals surface area contributed by atoms with Crippen LogP contribution in [0.15, 0.2) is 29.3 Å². The van der Waals surface area contributed by atoms with Crippen molar-refractivity contribution in [3.05, 3.63) is 35.4 Å². The molecule has 1 aromatic rings. The number of benzene rings is 1.